The summed E-state index contributed by atoms with van der Waals surface area (Å²) in [4.78, 5) is 30.3. The van der Waals surface area contributed by atoms with E-state index in [1.807, 2.05) is 0 Å². The van der Waals surface area contributed by atoms with Gasteiger partial charge in [-0.05, 0) is 48.4 Å². The van der Waals surface area contributed by atoms with Gasteiger partial charge in [-0.1, -0.05) is 12.1 Å². The Balaban J connectivity index is 1.53. The topological polar surface area (TPSA) is 53.5 Å². The predicted octanol–water partition coefficient (Wildman–Crippen LogP) is 7.64. The number of aromatic nitrogens is 1. The van der Waals surface area contributed by atoms with Crippen LogP contribution in [0.15, 0.2) is 54.7 Å². The van der Waals surface area contributed by atoms with Gasteiger partial charge in [0.15, 0.2) is 0 Å². The third-order valence-electron chi connectivity index (χ3n) is 7.76. The number of hydrogen-bond donors (Lipinski definition) is 0. The Morgan fingerprint density at radius 3 is 1.73 bits per heavy atom. The summed E-state index contributed by atoms with van der Waals surface area (Å²) in [5.74, 6) is -2.48. The number of hydrogen-bond acceptors (Lipinski definition) is 4. The first-order valence-electron chi connectivity index (χ1n) is 12.8. The van der Waals surface area contributed by atoms with E-state index in [2.05, 4.69) is 4.98 Å². The molecular formula is C28H17F12N3O2. The lowest BCUT2D eigenvalue weighted by atomic mass is 9.77. The Kier molecular flexibility index (Phi) is 7.40. The summed E-state index contributed by atoms with van der Waals surface area (Å²) in [5, 5.41) is 0. The molecule has 1 fully saturated rings. The number of anilines is 1. The molecule has 2 aromatic carbocycles. The summed E-state index contributed by atoms with van der Waals surface area (Å²) in [6.45, 7) is -2.98. The van der Waals surface area contributed by atoms with E-state index < -0.39 is 102 Å². The Bertz CT molecular complexity index is 1610. The molecule has 1 atom stereocenters. The highest BCUT2D eigenvalue weighted by molar-refractivity contribution is 6.21. The largest absolute Gasteiger partial charge is 0.416 e. The fourth-order valence-electron chi connectivity index (χ4n) is 5.46. The van der Waals surface area contributed by atoms with Gasteiger partial charge in [-0.2, -0.15) is 52.7 Å². The average Bonchev–Trinajstić information content (AvgIpc) is 3.49. The van der Waals surface area contributed by atoms with Gasteiger partial charge in [0.25, 0.3) is 11.8 Å². The number of alkyl halides is 12. The molecule has 1 saturated heterocycles. The van der Waals surface area contributed by atoms with Crippen LogP contribution in [0, 0.1) is 0 Å². The van der Waals surface area contributed by atoms with Gasteiger partial charge in [0.05, 0.1) is 34.4 Å². The first-order valence-corrected chi connectivity index (χ1v) is 12.8. The fourth-order valence-corrected chi connectivity index (χ4v) is 5.46. The van der Waals surface area contributed by atoms with Crippen molar-refractivity contribution in [2.24, 2.45) is 0 Å². The predicted molar refractivity (Wildman–Crippen MR) is 131 cm³/mol. The number of fused-ring (bicyclic) bond motifs is 1. The number of carbonyl (C=O) groups excluding carboxylic acids is 2. The molecule has 1 unspecified atom stereocenters. The molecule has 240 valence electrons. The van der Waals surface area contributed by atoms with Crippen molar-refractivity contribution in [3.8, 4) is 0 Å². The first kappa shape index (κ1) is 32.1. The number of halogens is 12. The third kappa shape index (κ3) is 5.67. The van der Waals surface area contributed by atoms with Crippen molar-refractivity contribution in [2.75, 3.05) is 18.0 Å². The van der Waals surface area contributed by atoms with Crippen LogP contribution >= 0.6 is 0 Å². The standard InChI is InChI=1S/C28H17F12N3O2/c29-25(30,31)16-7-15(8-17(9-16)26(32,33)34)24(28(38,39)40)5-6-42(13-24)21-10-20(27(35,36)37)14(11-41-21)12-43-22(44)18-3-1-2-4-19(18)23(43)45/h1-4,7-11H,5-6,12-13H2. The number of amides is 2. The Morgan fingerprint density at radius 2 is 1.27 bits per heavy atom. The van der Waals surface area contributed by atoms with E-state index in [-0.39, 0.29) is 29.3 Å². The van der Waals surface area contributed by atoms with Crippen molar-refractivity contribution in [3.05, 3.63) is 93.7 Å². The van der Waals surface area contributed by atoms with Gasteiger partial charge in [-0.25, -0.2) is 4.98 Å². The zero-order valence-corrected chi connectivity index (χ0v) is 22.2. The maximum Gasteiger partial charge on any atom is 0.416 e. The molecule has 0 N–H and O–H groups in total. The quantitative estimate of drug-likeness (QED) is 0.214. The van der Waals surface area contributed by atoms with E-state index in [1.54, 1.807) is 0 Å². The van der Waals surface area contributed by atoms with Crippen molar-refractivity contribution in [1.82, 2.24) is 9.88 Å². The van der Waals surface area contributed by atoms with E-state index in [4.69, 9.17) is 0 Å². The second kappa shape index (κ2) is 10.4. The van der Waals surface area contributed by atoms with Crippen LogP contribution in [-0.2, 0) is 30.5 Å². The SMILES string of the molecule is O=C1c2ccccc2C(=O)N1Cc1cnc(N2CCC(c3cc(C(F)(F)F)cc(C(F)(F)F)c3)(C(F)(F)F)C2)cc1C(F)(F)F. The van der Waals surface area contributed by atoms with E-state index in [9.17, 15) is 62.3 Å². The molecule has 0 bridgehead atoms. The van der Waals surface area contributed by atoms with Crippen molar-refractivity contribution in [2.45, 2.75) is 43.1 Å². The Hall–Kier alpha value is -4.31. The number of imide groups is 1. The van der Waals surface area contributed by atoms with Gasteiger partial charge in [0.2, 0.25) is 0 Å². The van der Waals surface area contributed by atoms with E-state index in [1.165, 1.54) is 24.3 Å². The van der Waals surface area contributed by atoms with Crippen LogP contribution < -0.4 is 4.90 Å². The van der Waals surface area contributed by atoms with Crippen LogP contribution in [0.2, 0.25) is 0 Å². The zero-order chi connectivity index (χ0) is 33.3. The molecule has 0 aliphatic carbocycles. The van der Waals surface area contributed by atoms with Crippen LogP contribution in [0.5, 0.6) is 0 Å². The molecule has 5 rings (SSSR count). The van der Waals surface area contributed by atoms with Crippen molar-refractivity contribution < 1.29 is 62.3 Å². The van der Waals surface area contributed by atoms with Crippen LogP contribution in [0.3, 0.4) is 0 Å². The molecule has 45 heavy (non-hydrogen) atoms. The van der Waals surface area contributed by atoms with E-state index in [0.29, 0.717) is 22.1 Å². The van der Waals surface area contributed by atoms with Gasteiger partial charge < -0.3 is 4.90 Å². The Morgan fingerprint density at radius 1 is 0.733 bits per heavy atom. The van der Waals surface area contributed by atoms with Gasteiger partial charge in [0, 0.05) is 24.8 Å². The lowest BCUT2D eigenvalue weighted by Gasteiger charge is -2.33. The van der Waals surface area contributed by atoms with Crippen LogP contribution in [0.4, 0.5) is 58.5 Å². The molecule has 2 aliphatic heterocycles. The molecule has 2 aliphatic rings. The number of rotatable bonds is 4. The highest BCUT2D eigenvalue weighted by Crippen LogP contribution is 2.51. The molecule has 5 nitrogen and oxygen atoms in total. The molecule has 0 radical (unpaired) electrons. The summed E-state index contributed by atoms with van der Waals surface area (Å²) >= 11 is 0. The monoisotopic (exact) mass is 655 g/mol. The summed E-state index contributed by atoms with van der Waals surface area (Å²) in [6.07, 6.45) is -22.0. The first-order chi connectivity index (χ1) is 20.6. The van der Waals surface area contributed by atoms with Crippen LogP contribution in [0.1, 0.15) is 55.0 Å². The lowest BCUT2D eigenvalue weighted by molar-refractivity contribution is -0.185. The molecule has 0 spiro atoms. The zero-order valence-electron chi connectivity index (χ0n) is 22.2. The molecule has 17 heteroatoms. The van der Waals surface area contributed by atoms with Crippen molar-refractivity contribution in [3.63, 3.8) is 0 Å². The van der Waals surface area contributed by atoms with Gasteiger partial charge in [0.1, 0.15) is 11.2 Å². The summed E-state index contributed by atoms with van der Waals surface area (Å²) in [7, 11) is 0. The van der Waals surface area contributed by atoms with Gasteiger partial charge >= 0.3 is 24.7 Å². The minimum Gasteiger partial charge on any atom is -0.355 e. The number of carbonyl (C=O) groups is 2. The van der Waals surface area contributed by atoms with Crippen molar-refractivity contribution >= 4 is 17.6 Å². The van der Waals surface area contributed by atoms with Crippen molar-refractivity contribution in [1.29, 1.82) is 0 Å². The smallest absolute Gasteiger partial charge is 0.355 e. The summed E-state index contributed by atoms with van der Waals surface area (Å²) in [5.41, 5.74) is -10.9. The summed E-state index contributed by atoms with van der Waals surface area (Å²) in [6, 6.07) is 5.39. The maximum atomic E-state index is 14.5. The highest BCUT2D eigenvalue weighted by atomic mass is 19.4. The number of nitrogens with zero attached hydrogens (tertiary/aromatic N) is 3. The Labute approximate surface area is 245 Å². The third-order valence-corrected chi connectivity index (χ3v) is 7.76. The minimum atomic E-state index is -5.44. The summed E-state index contributed by atoms with van der Waals surface area (Å²) < 4.78 is 167. The lowest BCUT2D eigenvalue weighted by Crippen LogP contribution is -2.45. The second-order valence-electron chi connectivity index (χ2n) is 10.5. The molecule has 0 saturated carbocycles. The normalized spacial score (nSPS) is 19.5. The van der Waals surface area contributed by atoms with Crippen LogP contribution in [0.25, 0.3) is 0 Å². The fraction of sp³-hybridized carbons (Fsp3) is 0.321. The van der Waals surface area contributed by atoms with E-state index in [0.717, 1.165) is 0 Å². The average molecular weight is 655 g/mol. The molecule has 3 aromatic rings. The molecule has 2 amide bonds. The number of pyridine rings is 1. The van der Waals surface area contributed by atoms with Gasteiger partial charge in [-0.3, -0.25) is 14.5 Å². The van der Waals surface area contributed by atoms with Crippen LogP contribution in [-0.4, -0.2) is 41.0 Å². The van der Waals surface area contributed by atoms with Gasteiger partial charge in [-0.15, -0.1) is 0 Å². The second-order valence-corrected chi connectivity index (χ2v) is 10.5. The molecule has 1 aromatic heterocycles. The molecular weight excluding hydrogens is 638 g/mol. The number of benzene rings is 2. The van der Waals surface area contributed by atoms with E-state index >= 15 is 0 Å². The molecule has 3 heterocycles. The minimum absolute atomic E-state index is 0.0496. The highest BCUT2D eigenvalue weighted by Gasteiger charge is 2.60. The maximum absolute atomic E-state index is 14.5.